The first kappa shape index (κ1) is 11.1. The van der Waals surface area contributed by atoms with Gasteiger partial charge in [-0.1, -0.05) is 0 Å². The standard InChI is InChI=1S/C13H15FN2S/c1-13(6-2-3-7-15-13)12-16-10-5-4-9(14)8-11(10)17-12/h4-5,8,15H,2-3,6-7H2,1H3. The average molecular weight is 250 g/mol. The van der Waals surface area contributed by atoms with Crippen molar-refractivity contribution >= 4 is 21.6 Å². The molecule has 0 bridgehead atoms. The molecule has 1 saturated heterocycles. The minimum absolute atomic E-state index is 0.0294. The Kier molecular flexibility index (Phi) is 2.64. The lowest BCUT2D eigenvalue weighted by molar-refractivity contribution is 0.283. The van der Waals surface area contributed by atoms with Crippen LogP contribution in [0.25, 0.3) is 10.2 Å². The van der Waals surface area contributed by atoms with Crippen LogP contribution in [0.3, 0.4) is 0 Å². The lowest BCUT2D eigenvalue weighted by atomic mass is 9.92. The second kappa shape index (κ2) is 4.03. The fourth-order valence-corrected chi connectivity index (χ4v) is 3.51. The number of fused-ring (bicyclic) bond motifs is 1. The van der Waals surface area contributed by atoms with E-state index in [2.05, 4.69) is 17.2 Å². The van der Waals surface area contributed by atoms with E-state index in [4.69, 9.17) is 0 Å². The van der Waals surface area contributed by atoms with Crippen molar-refractivity contribution in [3.8, 4) is 0 Å². The van der Waals surface area contributed by atoms with Crippen LogP contribution >= 0.6 is 11.3 Å². The van der Waals surface area contributed by atoms with E-state index in [0.29, 0.717) is 0 Å². The average Bonchev–Trinajstić information content (AvgIpc) is 2.73. The van der Waals surface area contributed by atoms with Gasteiger partial charge in [0.15, 0.2) is 0 Å². The van der Waals surface area contributed by atoms with Crippen molar-refractivity contribution in [1.29, 1.82) is 0 Å². The summed E-state index contributed by atoms with van der Waals surface area (Å²) in [6.07, 6.45) is 3.57. The van der Waals surface area contributed by atoms with Gasteiger partial charge in [-0.25, -0.2) is 9.37 Å². The summed E-state index contributed by atoms with van der Waals surface area (Å²) in [5.41, 5.74) is 0.873. The topological polar surface area (TPSA) is 24.9 Å². The van der Waals surface area contributed by atoms with Crippen LogP contribution in [-0.4, -0.2) is 11.5 Å². The zero-order valence-corrected chi connectivity index (χ0v) is 10.6. The first-order valence-corrected chi connectivity index (χ1v) is 6.81. The van der Waals surface area contributed by atoms with E-state index >= 15 is 0 Å². The molecule has 1 aliphatic heterocycles. The summed E-state index contributed by atoms with van der Waals surface area (Å²) in [7, 11) is 0. The maximum absolute atomic E-state index is 13.1. The van der Waals surface area contributed by atoms with Gasteiger partial charge >= 0.3 is 0 Å². The Morgan fingerprint density at radius 2 is 2.29 bits per heavy atom. The van der Waals surface area contributed by atoms with Crippen LogP contribution < -0.4 is 5.32 Å². The number of nitrogens with one attached hydrogen (secondary N) is 1. The molecular formula is C13H15FN2S. The SMILES string of the molecule is CC1(c2nc3ccc(F)cc3s2)CCCCN1. The highest BCUT2D eigenvalue weighted by atomic mass is 32.1. The predicted octanol–water partition coefficient (Wildman–Crippen LogP) is 3.42. The summed E-state index contributed by atoms with van der Waals surface area (Å²) >= 11 is 1.60. The van der Waals surface area contributed by atoms with Crippen molar-refractivity contribution in [2.45, 2.75) is 31.7 Å². The number of benzene rings is 1. The molecule has 3 rings (SSSR count). The lowest BCUT2D eigenvalue weighted by Gasteiger charge is -2.32. The van der Waals surface area contributed by atoms with E-state index in [1.165, 1.54) is 18.9 Å². The van der Waals surface area contributed by atoms with Crippen LogP contribution in [0.15, 0.2) is 18.2 Å². The zero-order valence-electron chi connectivity index (χ0n) is 9.79. The van der Waals surface area contributed by atoms with Crippen LogP contribution in [0.5, 0.6) is 0 Å². The van der Waals surface area contributed by atoms with E-state index in [-0.39, 0.29) is 11.4 Å². The number of hydrogen-bond acceptors (Lipinski definition) is 3. The molecule has 1 aromatic heterocycles. The minimum atomic E-state index is -0.186. The Balaban J connectivity index is 2.05. The van der Waals surface area contributed by atoms with Gasteiger partial charge in [-0.2, -0.15) is 0 Å². The summed E-state index contributed by atoms with van der Waals surface area (Å²) in [6, 6.07) is 4.81. The maximum atomic E-state index is 13.1. The Morgan fingerprint density at radius 3 is 3.06 bits per heavy atom. The Bertz CT molecular complexity index is 543. The third-order valence-electron chi connectivity index (χ3n) is 3.44. The Labute approximate surface area is 104 Å². The molecule has 1 aromatic carbocycles. The highest BCUT2D eigenvalue weighted by Gasteiger charge is 2.31. The number of hydrogen-bond donors (Lipinski definition) is 1. The van der Waals surface area contributed by atoms with Gasteiger partial charge in [0, 0.05) is 0 Å². The van der Waals surface area contributed by atoms with E-state index in [9.17, 15) is 4.39 Å². The molecule has 90 valence electrons. The normalized spacial score (nSPS) is 25.3. The highest BCUT2D eigenvalue weighted by molar-refractivity contribution is 7.18. The molecule has 0 amide bonds. The van der Waals surface area contributed by atoms with Gasteiger partial charge in [-0.15, -0.1) is 11.3 Å². The van der Waals surface area contributed by atoms with Crippen LogP contribution in [0, 0.1) is 5.82 Å². The van der Waals surface area contributed by atoms with Crippen LogP contribution in [0.1, 0.15) is 31.2 Å². The van der Waals surface area contributed by atoms with Crippen molar-refractivity contribution < 1.29 is 4.39 Å². The van der Waals surface area contributed by atoms with Gasteiger partial charge in [-0.3, -0.25) is 0 Å². The highest BCUT2D eigenvalue weighted by Crippen LogP contribution is 2.35. The van der Waals surface area contributed by atoms with Gasteiger partial charge in [0.25, 0.3) is 0 Å². The zero-order chi connectivity index (χ0) is 11.9. The largest absolute Gasteiger partial charge is 0.306 e. The number of nitrogens with zero attached hydrogens (tertiary/aromatic N) is 1. The monoisotopic (exact) mass is 250 g/mol. The summed E-state index contributed by atoms with van der Waals surface area (Å²) < 4.78 is 14.1. The van der Waals surface area contributed by atoms with Crippen LogP contribution in [-0.2, 0) is 5.54 Å². The number of rotatable bonds is 1. The second-order valence-electron chi connectivity index (χ2n) is 4.85. The summed E-state index contributed by atoms with van der Waals surface area (Å²) in [5.74, 6) is -0.186. The molecule has 0 aliphatic carbocycles. The summed E-state index contributed by atoms with van der Waals surface area (Å²) in [5, 5.41) is 4.62. The molecule has 1 unspecified atom stereocenters. The van der Waals surface area contributed by atoms with Crippen molar-refractivity contribution in [3.05, 3.63) is 29.0 Å². The molecule has 0 spiro atoms. The molecule has 2 aromatic rings. The number of piperidine rings is 1. The minimum Gasteiger partial charge on any atom is -0.306 e. The number of aromatic nitrogens is 1. The van der Waals surface area contributed by atoms with Crippen molar-refractivity contribution in [2.75, 3.05) is 6.54 Å². The third kappa shape index (κ3) is 1.96. The van der Waals surface area contributed by atoms with Crippen molar-refractivity contribution in [2.24, 2.45) is 0 Å². The molecule has 1 atom stereocenters. The first-order chi connectivity index (χ1) is 8.17. The number of thiazole rings is 1. The molecule has 0 saturated carbocycles. The Morgan fingerprint density at radius 1 is 1.41 bits per heavy atom. The molecule has 17 heavy (non-hydrogen) atoms. The van der Waals surface area contributed by atoms with Gasteiger partial charge in [-0.05, 0) is 50.9 Å². The van der Waals surface area contributed by atoms with Gasteiger partial charge < -0.3 is 5.32 Å². The van der Waals surface area contributed by atoms with E-state index in [0.717, 1.165) is 28.2 Å². The third-order valence-corrected chi connectivity index (χ3v) is 4.72. The maximum Gasteiger partial charge on any atom is 0.124 e. The molecule has 4 heteroatoms. The fourth-order valence-electron chi connectivity index (χ4n) is 2.37. The second-order valence-corrected chi connectivity index (χ2v) is 5.88. The summed E-state index contributed by atoms with van der Waals surface area (Å²) in [4.78, 5) is 4.64. The van der Waals surface area contributed by atoms with Crippen LogP contribution in [0.2, 0.25) is 0 Å². The Hall–Kier alpha value is -1.00. The lowest BCUT2D eigenvalue weighted by Crippen LogP contribution is -2.43. The van der Waals surface area contributed by atoms with E-state index in [1.807, 2.05) is 0 Å². The van der Waals surface area contributed by atoms with Crippen molar-refractivity contribution in [1.82, 2.24) is 10.3 Å². The molecule has 1 fully saturated rings. The first-order valence-electron chi connectivity index (χ1n) is 5.99. The predicted molar refractivity (Wildman–Crippen MR) is 68.8 cm³/mol. The molecule has 1 aliphatic rings. The van der Waals surface area contributed by atoms with Gasteiger partial charge in [0.1, 0.15) is 10.8 Å². The van der Waals surface area contributed by atoms with Gasteiger partial charge in [0.2, 0.25) is 0 Å². The van der Waals surface area contributed by atoms with Gasteiger partial charge in [0.05, 0.1) is 15.8 Å². The van der Waals surface area contributed by atoms with E-state index in [1.54, 1.807) is 23.5 Å². The number of halogens is 1. The quantitative estimate of drug-likeness (QED) is 0.838. The van der Waals surface area contributed by atoms with E-state index < -0.39 is 0 Å². The smallest absolute Gasteiger partial charge is 0.124 e. The van der Waals surface area contributed by atoms with Crippen LogP contribution in [0.4, 0.5) is 4.39 Å². The fraction of sp³-hybridized carbons (Fsp3) is 0.462. The molecule has 1 N–H and O–H groups in total. The summed E-state index contributed by atoms with van der Waals surface area (Å²) in [6.45, 7) is 3.24. The molecule has 2 nitrogen and oxygen atoms in total. The molecule has 2 heterocycles. The van der Waals surface area contributed by atoms with Crippen molar-refractivity contribution in [3.63, 3.8) is 0 Å². The molecule has 0 radical (unpaired) electrons. The molecular weight excluding hydrogens is 235 g/mol.